The minimum atomic E-state index is -0.0908. The fourth-order valence-electron chi connectivity index (χ4n) is 2.43. The number of carbonyl (C=O) groups excluding carboxylic acids is 1. The second-order valence-corrected chi connectivity index (χ2v) is 5.93. The maximum absolute atomic E-state index is 12.0. The van der Waals surface area contributed by atoms with Gasteiger partial charge in [0.1, 0.15) is 5.75 Å². The average molecular weight is 342 g/mol. The van der Waals surface area contributed by atoms with Crippen molar-refractivity contribution in [1.29, 1.82) is 0 Å². The highest BCUT2D eigenvalue weighted by molar-refractivity contribution is 9.10. The molecule has 1 aliphatic rings. The third kappa shape index (κ3) is 3.96. The quantitative estimate of drug-likeness (QED) is 0.894. The molecule has 0 bridgehead atoms. The molecule has 0 saturated carbocycles. The van der Waals surface area contributed by atoms with Crippen LogP contribution in [-0.4, -0.2) is 25.7 Å². The van der Waals surface area contributed by atoms with Gasteiger partial charge in [0.25, 0.3) is 0 Å². The molecule has 0 spiro atoms. The van der Waals surface area contributed by atoms with Crippen LogP contribution in [0.4, 0.5) is 0 Å². The first kappa shape index (κ1) is 15.3. The number of rotatable bonds is 5. The fraction of sp³-hybridized carbons (Fsp3) is 0.533. The first-order chi connectivity index (χ1) is 9.60. The molecule has 0 radical (unpaired) electrons. The van der Waals surface area contributed by atoms with Gasteiger partial charge in [-0.05, 0) is 31.9 Å². The van der Waals surface area contributed by atoms with Crippen molar-refractivity contribution in [3.63, 3.8) is 0 Å². The number of hydrogen-bond donors (Lipinski definition) is 1. The number of nitrogens with one attached hydrogen (secondary N) is 1. The number of methoxy groups -OCH3 is 1. The lowest BCUT2D eigenvalue weighted by molar-refractivity contribution is -0.123. The molecule has 5 heteroatoms. The van der Waals surface area contributed by atoms with Gasteiger partial charge in [0.2, 0.25) is 5.91 Å². The molecule has 0 aliphatic carbocycles. The summed E-state index contributed by atoms with van der Waals surface area (Å²) in [5.41, 5.74) is 0.969. The number of carbonyl (C=O) groups is 1. The first-order valence-corrected chi connectivity index (χ1v) is 7.64. The predicted molar refractivity (Wildman–Crippen MR) is 80.8 cm³/mol. The Bertz CT molecular complexity index is 472. The van der Waals surface area contributed by atoms with Gasteiger partial charge in [-0.2, -0.15) is 0 Å². The monoisotopic (exact) mass is 341 g/mol. The molecule has 1 amide bonds. The van der Waals surface area contributed by atoms with E-state index in [2.05, 4.69) is 21.2 Å². The molecule has 110 valence electrons. The normalized spacial score (nSPS) is 19.6. The van der Waals surface area contributed by atoms with Crippen molar-refractivity contribution < 1.29 is 14.3 Å². The standard InChI is InChI=1S/C15H20BrNO3/c1-10(13-6-5-11(16)8-14(13)19-2)17-15(18)9-12-4-3-7-20-12/h5-6,8,10,12H,3-4,7,9H2,1-2H3,(H,17,18). The van der Waals surface area contributed by atoms with Gasteiger partial charge in [-0.25, -0.2) is 0 Å². The second-order valence-electron chi connectivity index (χ2n) is 5.01. The van der Waals surface area contributed by atoms with E-state index in [1.54, 1.807) is 7.11 Å². The average Bonchev–Trinajstić information content (AvgIpc) is 2.90. The summed E-state index contributed by atoms with van der Waals surface area (Å²) in [7, 11) is 1.63. The Kier molecular flexibility index (Phi) is 5.43. The molecule has 1 heterocycles. The molecule has 1 fully saturated rings. The van der Waals surface area contributed by atoms with E-state index >= 15 is 0 Å². The molecule has 1 N–H and O–H groups in total. The molecular weight excluding hydrogens is 322 g/mol. The second kappa shape index (κ2) is 7.09. The highest BCUT2D eigenvalue weighted by Crippen LogP contribution is 2.28. The molecule has 2 atom stereocenters. The molecule has 0 aromatic heterocycles. The molecule has 1 aromatic rings. The van der Waals surface area contributed by atoms with E-state index in [1.165, 1.54) is 0 Å². The Balaban J connectivity index is 1.96. The highest BCUT2D eigenvalue weighted by Gasteiger charge is 2.21. The summed E-state index contributed by atoms with van der Waals surface area (Å²) in [5, 5.41) is 3.00. The van der Waals surface area contributed by atoms with Crippen LogP contribution in [0.1, 0.15) is 37.8 Å². The van der Waals surface area contributed by atoms with Crippen molar-refractivity contribution in [2.45, 2.75) is 38.3 Å². The third-order valence-electron chi connectivity index (χ3n) is 3.48. The van der Waals surface area contributed by atoms with Crippen LogP contribution in [0, 0.1) is 0 Å². The minimum Gasteiger partial charge on any atom is -0.496 e. The summed E-state index contributed by atoms with van der Waals surface area (Å²) >= 11 is 3.41. The van der Waals surface area contributed by atoms with Gasteiger partial charge in [0.05, 0.1) is 25.7 Å². The van der Waals surface area contributed by atoms with E-state index < -0.39 is 0 Å². The van der Waals surface area contributed by atoms with Crippen molar-refractivity contribution in [3.8, 4) is 5.75 Å². The largest absolute Gasteiger partial charge is 0.496 e. The van der Waals surface area contributed by atoms with Crippen molar-refractivity contribution in [2.24, 2.45) is 0 Å². The zero-order chi connectivity index (χ0) is 14.5. The van der Waals surface area contributed by atoms with Crippen LogP contribution in [0.15, 0.2) is 22.7 Å². The molecule has 4 nitrogen and oxygen atoms in total. The summed E-state index contributed by atoms with van der Waals surface area (Å²) in [5.74, 6) is 0.790. The summed E-state index contributed by atoms with van der Waals surface area (Å²) < 4.78 is 11.8. The fourth-order valence-corrected chi connectivity index (χ4v) is 2.77. The van der Waals surface area contributed by atoms with Crippen LogP contribution >= 0.6 is 15.9 Å². The van der Waals surface area contributed by atoms with Gasteiger partial charge in [-0.1, -0.05) is 22.0 Å². The summed E-state index contributed by atoms with van der Waals surface area (Å²) in [6.45, 7) is 2.73. The van der Waals surface area contributed by atoms with Crippen LogP contribution in [0.3, 0.4) is 0 Å². The molecule has 1 aliphatic heterocycles. The molecule has 1 saturated heterocycles. The van der Waals surface area contributed by atoms with E-state index in [0.29, 0.717) is 6.42 Å². The van der Waals surface area contributed by atoms with Crippen molar-refractivity contribution in [2.75, 3.05) is 13.7 Å². The SMILES string of the molecule is COc1cc(Br)ccc1C(C)NC(=O)CC1CCCO1. The Morgan fingerprint density at radius 1 is 1.60 bits per heavy atom. The topological polar surface area (TPSA) is 47.6 Å². The summed E-state index contributed by atoms with van der Waals surface area (Å²) in [6, 6.07) is 5.71. The predicted octanol–water partition coefficient (Wildman–Crippen LogP) is 3.20. The van der Waals surface area contributed by atoms with Crippen LogP contribution in [0.25, 0.3) is 0 Å². The highest BCUT2D eigenvalue weighted by atomic mass is 79.9. The van der Waals surface area contributed by atoms with E-state index in [-0.39, 0.29) is 18.1 Å². The minimum absolute atomic E-state index is 0.0226. The molecule has 20 heavy (non-hydrogen) atoms. The van der Waals surface area contributed by atoms with Crippen LogP contribution < -0.4 is 10.1 Å². The van der Waals surface area contributed by atoms with E-state index in [1.807, 2.05) is 25.1 Å². The first-order valence-electron chi connectivity index (χ1n) is 6.84. The smallest absolute Gasteiger partial charge is 0.223 e. The van der Waals surface area contributed by atoms with Crippen LogP contribution in [-0.2, 0) is 9.53 Å². The zero-order valence-corrected chi connectivity index (χ0v) is 13.4. The number of benzene rings is 1. The Morgan fingerprint density at radius 3 is 3.05 bits per heavy atom. The lowest BCUT2D eigenvalue weighted by Gasteiger charge is -2.18. The lowest BCUT2D eigenvalue weighted by atomic mass is 10.1. The van der Waals surface area contributed by atoms with Crippen LogP contribution in [0.2, 0.25) is 0 Å². The van der Waals surface area contributed by atoms with Crippen molar-refractivity contribution in [3.05, 3.63) is 28.2 Å². The van der Waals surface area contributed by atoms with Gasteiger partial charge >= 0.3 is 0 Å². The number of amides is 1. The number of hydrogen-bond acceptors (Lipinski definition) is 3. The summed E-state index contributed by atoms with van der Waals surface area (Å²) in [6.07, 6.45) is 2.54. The zero-order valence-electron chi connectivity index (χ0n) is 11.8. The van der Waals surface area contributed by atoms with E-state index in [9.17, 15) is 4.79 Å². The molecular formula is C15H20BrNO3. The maximum atomic E-state index is 12.0. The Labute approximate surface area is 128 Å². The van der Waals surface area contributed by atoms with E-state index in [0.717, 1.165) is 35.2 Å². The van der Waals surface area contributed by atoms with Gasteiger partial charge < -0.3 is 14.8 Å². The van der Waals surface area contributed by atoms with Gasteiger partial charge in [-0.15, -0.1) is 0 Å². The van der Waals surface area contributed by atoms with Crippen molar-refractivity contribution >= 4 is 21.8 Å². The van der Waals surface area contributed by atoms with Crippen LogP contribution in [0.5, 0.6) is 5.75 Å². The third-order valence-corrected chi connectivity index (χ3v) is 3.97. The lowest BCUT2D eigenvalue weighted by Crippen LogP contribution is -2.29. The number of halogens is 1. The Hall–Kier alpha value is -1.07. The summed E-state index contributed by atoms with van der Waals surface area (Å²) in [4.78, 5) is 12.0. The van der Waals surface area contributed by atoms with Crippen molar-refractivity contribution in [1.82, 2.24) is 5.32 Å². The molecule has 2 unspecified atom stereocenters. The van der Waals surface area contributed by atoms with E-state index in [4.69, 9.17) is 9.47 Å². The van der Waals surface area contributed by atoms with Gasteiger partial charge in [0.15, 0.2) is 0 Å². The maximum Gasteiger partial charge on any atom is 0.223 e. The molecule has 2 rings (SSSR count). The number of ether oxygens (including phenoxy) is 2. The van der Waals surface area contributed by atoms with Gasteiger partial charge in [-0.3, -0.25) is 4.79 Å². The molecule has 1 aromatic carbocycles. The Morgan fingerprint density at radius 2 is 2.40 bits per heavy atom. The van der Waals surface area contributed by atoms with Gasteiger partial charge in [0, 0.05) is 16.6 Å².